The van der Waals surface area contributed by atoms with E-state index in [-0.39, 0.29) is 16.0 Å². The van der Waals surface area contributed by atoms with Crippen molar-refractivity contribution < 1.29 is 13.2 Å². The van der Waals surface area contributed by atoms with Crippen LogP contribution in [0.15, 0.2) is 52.9 Å². The third-order valence-corrected chi connectivity index (χ3v) is 8.10. The van der Waals surface area contributed by atoms with Crippen LogP contribution in [0.1, 0.15) is 15.9 Å². The van der Waals surface area contributed by atoms with E-state index < -0.39 is 15.9 Å². The number of benzene rings is 2. The molecule has 0 aliphatic carbocycles. The molecule has 1 aromatic heterocycles. The van der Waals surface area contributed by atoms with Gasteiger partial charge in [-0.05, 0) is 29.8 Å². The van der Waals surface area contributed by atoms with Gasteiger partial charge in [0.15, 0.2) is 0 Å². The molecule has 12 heteroatoms. The van der Waals surface area contributed by atoms with Crippen LogP contribution in [0.4, 0.5) is 5.13 Å². The lowest BCUT2D eigenvalue weighted by Crippen LogP contribution is -2.26. The number of sulfonamides is 1. The summed E-state index contributed by atoms with van der Waals surface area (Å²) in [6.07, 6.45) is 0. The highest BCUT2D eigenvalue weighted by Gasteiger charge is 2.20. The molecule has 0 unspecified atom stereocenters. The molecule has 0 atom stereocenters. The van der Waals surface area contributed by atoms with Gasteiger partial charge in [0.1, 0.15) is 0 Å². The molecular weight excluding hydrogens is 487 g/mol. The van der Waals surface area contributed by atoms with Gasteiger partial charge in [0.25, 0.3) is 15.9 Å². The number of amides is 1. The summed E-state index contributed by atoms with van der Waals surface area (Å²) in [6.45, 7) is 0.195. The van der Waals surface area contributed by atoms with Gasteiger partial charge in [0, 0.05) is 33.7 Å². The monoisotopic (exact) mass is 502 g/mol. The molecule has 0 aliphatic heterocycles. The molecule has 0 fully saturated rings. The van der Waals surface area contributed by atoms with Crippen molar-refractivity contribution in [1.29, 1.82) is 0 Å². The molecule has 158 valence electrons. The van der Waals surface area contributed by atoms with Crippen molar-refractivity contribution in [3.8, 4) is 0 Å². The predicted molar refractivity (Wildman–Crippen MR) is 122 cm³/mol. The van der Waals surface area contributed by atoms with E-state index in [0.717, 1.165) is 16.9 Å². The van der Waals surface area contributed by atoms with Gasteiger partial charge >= 0.3 is 0 Å². The van der Waals surface area contributed by atoms with Crippen molar-refractivity contribution in [2.24, 2.45) is 0 Å². The van der Waals surface area contributed by atoms with Crippen molar-refractivity contribution in [3.05, 3.63) is 69.7 Å². The molecule has 0 spiro atoms. The van der Waals surface area contributed by atoms with E-state index in [9.17, 15) is 13.2 Å². The fourth-order valence-electron chi connectivity index (χ4n) is 2.28. The first-order chi connectivity index (χ1) is 14.4. The smallest absolute Gasteiger partial charge is 0.269 e. The van der Waals surface area contributed by atoms with Crippen LogP contribution in [0.2, 0.25) is 10.0 Å². The molecule has 1 heterocycles. The van der Waals surface area contributed by atoms with Crippen LogP contribution in [0.3, 0.4) is 0 Å². The Labute approximate surface area is 192 Å². The van der Waals surface area contributed by atoms with Crippen LogP contribution in [0, 0.1) is 0 Å². The molecule has 3 rings (SSSR count). The number of nitrogens with one attached hydrogen (secondary N) is 2. The maximum Gasteiger partial charge on any atom is 0.269 e. The highest BCUT2D eigenvalue weighted by molar-refractivity contribution is 7.98. The minimum atomic E-state index is -3.82. The van der Waals surface area contributed by atoms with Gasteiger partial charge in [-0.15, -0.1) is 10.2 Å². The number of carbonyl (C=O) groups excluding carboxylic acids is 1. The number of thioether (sulfide) groups is 1. The predicted octanol–water partition coefficient (Wildman–Crippen LogP) is 4.31. The highest BCUT2D eigenvalue weighted by atomic mass is 35.5. The minimum Gasteiger partial charge on any atom is -0.296 e. The first kappa shape index (κ1) is 23.0. The van der Waals surface area contributed by atoms with Crippen LogP contribution in [0.5, 0.6) is 0 Å². The molecule has 30 heavy (non-hydrogen) atoms. The van der Waals surface area contributed by atoms with E-state index in [4.69, 9.17) is 23.2 Å². The van der Waals surface area contributed by atoms with Crippen LogP contribution in [-0.4, -0.2) is 36.8 Å². The summed E-state index contributed by atoms with van der Waals surface area (Å²) in [5.74, 6) is 0.685. The SMILES string of the molecule is O=C(Nc1nnc(S(=O)(=O)NCCSCc2c(Cl)cccc2Cl)s1)c1ccccc1. The van der Waals surface area contributed by atoms with Gasteiger partial charge in [0.05, 0.1) is 0 Å². The minimum absolute atomic E-state index is 0.104. The van der Waals surface area contributed by atoms with Crippen LogP contribution < -0.4 is 10.0 Å². The number of hydrogen-bond donors (Lipinski definition) is 2. The standard InChI is InChI=1S/C18H16Cl2N4O3S3/c19-14-7-4-8-15(20)13(14)11-28-10-9-21-30(26,27)18-24-23-17(29-18)22-16(25)12-5-2-1-3-6-12/h1-8,21H,9-11H2,(H,22,23,25). The van der Waals surface area contributed by atoms with E-state index >= 15 is 0 Å². The zero-order valence-corrected chi connectivity index (χ0v) is 19.3. The molecule has 0 aliphatic rings. The van der Waals surface area contributed by atoms with E-state index in [2.05, 4.69) is 20.2 Å². The third kappa shape index (κ3) is 6.16. The summed E-state index contributed by atoms with van der Waals surface area (Å²) in [5, 5.41) is 11.2. The Kier molecular flexibility index (Phi) is 8.09. The van der Waals surface area contributed by atoms with Gasteiger partial charge in [-0.1, -0.05) is 58.8 Å². The second kappa shape index (κ2) is 10.6. The second-order valence-corrected chi connectivity index (χ2v) is 10.7. The Morgan fingerprint density at radius 2 is 1.73 bits per heavy atom. The van der Waals surface area contributed by atoms with Gasteiger partial charge in [-0.3, -0.25) is 10.1 Å². The van der Waals surface area contributed by atoms with Crippen LogP contribution in [0.25, 0.3) is 0 Å². The lowest BCUT2D eigenvalue weighted by molar-refractivity contribution is 0.102. The van der Waals surface area contributed by atoms with Crippen molar-refractivity contribution in [2.75, 3.05) is 17.6 Å². The molecule has 1 amide bonds. The van der Waals surface area contributed by atoms with Crippen molar-refractivity contribution in [2.45, 2.75) is 10.1 Å². The summed E-state index contributed by atoms with van der Waals surface area (Å²) >= 11 is 14.5. The summed E-state index contributed by atoms with van der Waals surface area (Å²) < 4.78 is 27.0. The number of nitrogens with zero attached hydrogens (tertiary/aromatic N) is 2. The zero-order chi connectivity index (χ0) is 21.6. The first-order valence-corrected chi connectivity index (χ1v) is 12.8. The Morgan fingerprint density at radius 1 is 1.03 bits per heavy atom. The molecule has 0 saturated carbocycles. The highest BCUT2D eigenvalue weighted by Crippen LogP contribution is 2.28. The number of aromatic nitrogens is 2. The molecule has 3 aromatic rings. The number of halogens is 2. The molecule has 0 saturated heterocycles. The number of anilines is 1. The zero-order valence-electron chi connectivity index (χ0n) is 15.3. The molecule has 7 nitrogen and oxygen atoms in total. The largest absolute Gasteiger partial charge is 0.296 e. The fraction of sp³-hybridized carbons (Fsp3) is 0.167. The van der Waals surface area contributed by atoms with Crippen LogP contribution in [-0.2, 0) is 15.8 Å². The number of rotatable bonds is 9. The molecule has 2 aromatic carbocycles. The number of carbonyl (C=O) groups is 1. The Bertz CT molecular complexity index is 1100. The van der Waals surface area contributed by atoms with E-state index in [0.29, 0.717) is 27.1 Å². The Balaban J connectivity index is 1.49. The Morgan fingerprint density at radius 3 is 2.43 bits per heavy atom. The lowest BCUT2D eigenvalue weighted by atomic mass is 10.2. The van der Waals surface area contributed by atoms with Crippen molar-refractivity contribution >= 4 is 67.4 Å². The van der Waals surface area contributed by atoms with E-state index in [1.165, 1.54) is 11.8 Å². The van der Waals surface area contributed by atoms with E-state index in [1.807, 2.05) is 0 Å². The maximum atomic E-state index is 12.4. The van der Waals surface area contributed by atoms with Gasteiger partial charge in [0.2, 0.25) is 9.47 Å². The molecule has 2 N–H and O–H groups in total. The average molecular weight is 503 g/mol. The topological polar surface area (TPSA) is 101 Å². The number of hydrogen-bond acceptors (Lipinski definition) is 7. The summed E-state index contributed by atoms with van der Waals surface area (Å²) in [4.78, 5) is 12.1. The van der Waals surface area contributed by atoms with Gasteiger partial charge in [-0.25, -0.2) is 13.1 Å². The van der Waals surface area contributed by atoms with Gasteiger partial charge < -0.3 is 0 Å². The lowest BCUT2D eigenvalue weighted by Gasteiger charge is -2.07. The van der Waals surface area contributed by atoms with E-state index in [1.54, 1.807) is 48.5 Å². The first-order valence-electron chi connectivity index (χ1n) is 8.57. The normalized spacial score (nSPS) is 11.4. The average Bonchev–Trinajstić information content (AvgIpc) is 3.20. The fourth-order valence-corrected chi connectivity index (χ4v) is 5.97. The summed E-state index contributed by atoms with van der Waals surface area (Å²) in [5.41, 5.74) is 1.25. The van der Waals surface area contributed by atoms with Crippen molar-refractivity contribution in [3.63, 3.8) is 0 Å². The second-order valence-electron chi connectivity index (χ2n) is 5.84. The van der Waals surface area contributed by atoms with Crippen molar-refractivity contribution in [1.82, 2.24) is 14.9 Å². The van der Waals surface area contributed by atoms with Gasteiger partial charge in [-0.2, -0.15) is 11.8 Å². The van der Waals surface area contributed by atoms with Crippen LogP contribution >= 0.6 is 46.3 Å². The molecule has 0 radical (unpaired) electrons. The molecular formula is C18H16Cl2N4O3S3. The Hall–Kier alpha value is -1.69. The quantitative estimate of drug-likeness (QED) is 0.334. The third-order valence-electron chi connectivity index (χ3n) is 3.74. The molecule has 0 bridgehead atoms. The maximum absolute atomic E-state index is 12.4. The summed E-state index contributed by atoms with van der Waals surface area (Å²) in [7, 11) is -3.82. The summed E-state index contributed by atoms with van der Waals surface area (Å²) in [6, 6.07) is 13.8.